The van der Waals surface area contributed by atoms with E-state index in [0.29, 0.717) is 0 Å². The van der Waals surface area contributed by atoms with Gasteiger partial charge in [-0.1, -0.05) is 6.07 Å². The Morgan fingerprint density at radius 2 is 2.12 bits per heavy atom. The Labute approximate surface area is 95.1 Å². The number of aromatic nitrogens is 3. The number of nitrogens with zero attached hydrogens (tertiary/aromatic N) is 3. The van der Waals surface area contributed by atoms with Crippen molar-refractivity contribution < 1.29 is 0 Å². The molecule has 2 heterocycles. The summed E-state index contributed by atoms with van der Waals surface area (Å²) in [6.07, 6.45) is 3.55. The van der Waals surface area contributed by atoms with Gasteiger partial charge >= 0.3 is 0 Å². The van der Waals surface area contributed by atoms with Crippen molar-refractivity contribution in [2.45, 2.75) is 19.9 Å². The molecule has 0 saturated heterocycles. The Hall–Kier alpha value is -1.68. The number of pyridine rings is 1. The third-order valence-corrected chi connectivity index (χ3v) is 2.92. The van der Waals surface area contributed by atoms with Gasteiger partial charge in [0.05, 0.1) is 11.7 Å². The van der Waals surface area contributed by atoms with Crippen molar-refractivity contribution in [2.75, 3.05) is 0 Å². The molecule has 16 heavy (non-hydrogen) atoms. The minimum absolute atomic E-state index is 0.151. The van der Waals surface area contributed by atoms with E-state index in [1.807, 2.05) is 37.7 Å². The zero-order valence-corrected chi connectivity index (χ0v) is 9.81. The molecule has 0 spiro atoms. The van der Waals surface area contributed by atoms with Crippen LogP contribution in [-0.4, -0.2) is 14.8 Å². The van der Waals surface area contributed by atoms with E-state index in [0.717, 1.165) is 22.5 Å². The topological polar surface area (TPSA) is 56.7 Å². The summed E-state index contributed by atoms with van der Waals surface area (Å²) >= 11 is 0. The van der Waals surface area contributed by atoms with E-state index in [-0.39, 0.29) is 6.04 Å². The average molecular weight is 216 g/mol. The van der Waals surface area contributed by atoms with Gasteiger partial charge in [0.1, 0.15) is 0 Å². The molecule has 0 radical (unpaired) electrons. The summed E-state index contributed by atoms with van der Waals surface area (Å²) in [5.74, 6) is 0. The largest absolute Gasteiger partial charge is 0.320 e. The second-order valence-electron chi connectivity index (χ2n) is 3.97. The van der Waals surface area contributed by atoms with Crippen molar-refractivity contribution in [1.29, 1.82) is 0 Å². The zero-order valence-electron chi connectivity index (χ0n) is 9.81. The van der Waals surface area contributed by atoms with Gasteiger partial charge in [-0.05, 0) is 25.5 Å². The number of aryl methyl sites for hydroxylation is 2. The molecule has 1 unspecified atom stereocenters. The zero-order chi connectivity index (χ0) is 11.7. The monoisotopic (exact) mass is 216 g/mol. The van der Waals surface area contributed by atoms with Crippen molar-refractivity contribution in [1.82, 2.24) is 14.8 Å². The predicted molar refractivity (Wildman–Crippen MR) is 62.9 cm³/mol. The van der Waals surface area contributed by atoms with E-state index in [1.165, 1.54) is 0 Å². The summed E-state index contributed by atoms with van der Waals surface area (Å²) < 4.78 is 1.86. The summed E-state index contributed by atoms with van der Waals surface area (Å²) in [4.78, 5) is 4.09. The highest BCUT2D eigenvalue weighted by Crippen LogP contribution is 2.24. The van der Waals surface area contributed by atoms with Crippen LogP contribution in [0.2, 0.25) is 0 Å². The van der Waals surface area contributed by atoms with E-state index in [4.69, 9.17) is 5.73 Å². The summed E-state index contributed by atoms with van der Waals surface area (Å²) in [6, 6.07) is 3.74. The third kappa shape index (κ3) is 1.72. The summed E-state index contributed by atoms with van der Waals surface area (Å²) in [7, 11) is 1.93. The average Bonchev–Trinajstić information content (AvgIpc) is 2.54. The van der Waals surface area contributed by atoms with Gasteiger partial charge in [-0.2, -0.15) is 5.10 Å². The lowest BCUT2D eigenvalue weighted by molar-refractivity contribution is 0.728. The number of rotatable bonds is 2. The van der Waals surface area contributed by atoms with Gasteiger partial charge in [0.2, 0.25) is 0 Å². The first kappa shape index (κ1) is 10.8. The molecular weight excluding hydrogens is 200 g/mol. The van der Waals surface area contributed by atoms with Crippen LogP contribution in [0.25, 0.3) is 0 Å². The molecule has 2 rings (SSSR count). The van der Waals surface area contributed by atoms with Crippen LogP contribution >= 0.6 is 0 Å². The highest BCUT2D eigenvalue weighted by Gasteiger charge is 2.18. The maximum atomic E-state index is 6.24. The second-order valence-corrected chi connectivity index (χ2v) is 3.97. The van der Waals surface area contributed by atoms with Gasteiger partial charge < -0.3 is 5.73 Å². The Kier molecular flexibility index (Phi) is 2.75. The van der Waals surface area contributed by atoms with Crippen LogP contribution in [0.5, 0.6) is 0 Å². The van der Waals surface area contributed by atoms with Crippen LogP contribution in [0.3, 0.4) is 0 Å². The second kappa shape index (κ2) is 4.06. The highest BCUT2D eigenvalue weighted by atomic mass is 15.3. The molecular formula is C12H16N4. The molecule has 2 aromatic rings. The molecule has 2 N–H and O–H groups in total. The van der Waals surface area contributed by atoms with E-state index >= 15 is 0 Å². The lowest BCUT2D eigenvalue weighted by atomic mass is 9.99. The molecule has 4 nitrogen and oxygen atoms in total. The maximum Gasteiger partial charge on any atom is 0.0647 e. The molecule has 84 valence electrons. The minimum atomic E-state index is -0.151. The van der Waals surface area contributed by atoms with E-state index in [1.54, 1.807) is 12.4 Å². The van der Waals surface area contributed by atoms with Gasteiger partial charge in [-0.15, -0.1) is 0 Å². The van der Waals surface area contributed by atoms with Gasteiger partial charge in [0.25, 0.3) is 0 Å². The normalized spacial score (nSPS) is 12.8. The quantitative estimate of drug-likeness (QED) is 0.827. The fourth-order valence-corrected chi connectivity index (χ4v) is 1.97. The van der Waals surface area contributed by atoms with Gasteiger partial charge in [-0.3, -0.25) is 9.67 Å². The molecule has 0 aliphatic carbocycles. The molecule has 0 aromatic carbocycles. The van der Waals surface area contributed by atoms with E-state index in [9.17, 15) is 0 Å². The molecule has 0 aliphatic heterocycles. The van der Waals surface area contributed by atoms with Crippen LogP contribution in [0.15, 0.2) is 24.5 Å². The number of hydrogen-bond acceptors (Lipinski definition) is 3. The summed E-state index contributed by atoms with van der Waals surface area (Å²) in [5, 5.41) is 4.37. The fourth-order valence-electron chi connectivity index (χ4n) is 1.97. The van der Waals surface area contributed by atoms with E-state index in [2.05, 4.69) is 10.1 Å². The van der Waals surface area contributed by atoms with Gasteiger partial charge in [0, 0.05) is 30.7 Å². The summed E-state index contributed by atoms with van der Waals surface area (Å²) in [6.45, 7) is 4.02. The fraction of sp³-hybridized carbons (Fsp3) is 0.333. The number of hydrogen-bond donors (Lipinski definition) is 1. The first-order valence-corrected chi connectivity index (χ1v) is 5.27. The van der Waals surface area contributed by atoms with E-state index < -0.39 is 0 Å². The van der Waals surface area contributed by atoms with Crippen molar-refractivity contribution in [2.24, 2.45) is 12.8 Å². The molecule has 0 amide bonds. The Balaban J connectivity index is 2.45. The van der Waals surface area contributed by atoms with Crippen molar-refractivity contribution >= 4 is 0 Å². The van der Waals surface area contributed by atoms with Crippen LogP contribution in [-0.2, 0) is 7.05 Å². The van der Waals surface area contributed by atoms with Gasteiger partial charge in [0.15, 0.2) is 0 Å². The predicted octanol–water partition coefficient (Wildman–Crippen LogP) is 1.48. The van der Waals surface area contributed by atoms with Crippen LogP contribution < -0.4 is 5.73 Å². The molecule has 0 bridgehead atoms. The van der Waals surface area contributed by atoms with Crippen LogP contribution in [0.4, 0.5) is 0 Å². The minimum Gasteiger partial charge on any atom is -0.320 e. The smallest absolute Gasteiger partial charge is 0.0647 e. The molecule has 0 fully saturated rings. The molecule has 0 aliphatic rings. The van der Waals surface area contributed by atoms with Crippen LogP contribution in [0.1, 0.15) is 28.6 Å². The Morgan fingerprint density at radius 3 is 2.62 bits per heavy atom. The Bertz CT molecular complexity index is 487. The van der Waals surface area contributed by atoms with Gasteiger partial charge in [-0.25, -0.2) is 0 Å². The highest BCUT2D eigenvalue weighted by molar-refractivity contribution is 5.35. The lowest BCUT2D eigenvalue weighted by Gasteiger charge is -2.12. The standard InChI is InChI=1S/C12H16N4/c1-8-11(9(2)16(3)15-8)12(13)10-5-4-6-14-7-10/h4-7,12H,13H2,1-3H3. The first-order chi connectivity index (χ1) is 7.61. The molecule has 1 atom stereocenters. The molecule has 4 heteroatoms. The van der Waals surface area contributed by atoms with Crippen molar-refractivity contribution in [3.63, 3.8) is 0 Å². The van der Waals surface area contributed by atoms with Crippen molar-refractivity contribution in [3.8, 4) is 0 Å². The maximum absolute atomic E-state index is 6.24. The lowest BCUT2D eigenvalue weighted by Crippen LogP contribution is -2.14. The van der Waals surface area contributed by atoms with Crippen molar-refractivity contribution in [3.05, 3.63) is 47.0 Å². The van der Waals surface area contributed by atoms with Crippen LogP contribution in [0, 0.1) is 13.8 Å². The third-order valence-electron chi connectivity index (χ3n) is 2.92. The first-order valence-electron chi connectivity index (χ1n) is 5.27. The summed E-state index contributed by atoms with van der Waals surface area (Å²) in [5.41, 5.74) is 10.4. The SMILES string of the molecule is Cc1nn(C)c(C)c1C(N)c1cccnc1. The molecule has 0 saturated carbocycles. The molecule has 2 aromatic heterocycles. The Morgan fingerprint density at radius 1 is 1.38 bits per heavy atom. The number of nitrogens with two attached hydrogens (primary N) is 1.